The molecule has 0 aromatic heterocycles. The molecule has 0 saturated heterocycles. The van der Waals surface area contributed by atoms with E-state index in [0.717, 1.165) is 0 Å². The van der Waals surface area contributed by atoms with Gasteiger partial charge in [-0.3, -0.25) is 18.7 Å². The maximum atomic E-state index is 11.8. The van der Waals surface area contributed by atoms with Crippen LogP contribution in [0.15, 0.2) is 40.1 Å². The molecule has 27 heavy (non-hydrogen) atoms. The average molecular weight is 424 g/mol. The molecule has 0 aliphatic heterocycles. The Bertz CT molecular complexity index is 1120. The van der Waals surface area contributed by atoms with Crippen molar-refractivity contribution >= 4 is 32.2 Å². The number of carbonyl (C=O) groups is 2. The van der Waals surface area contributed by atoms with Gasteiger partial charge in [0.15, 0.2) is 0 Å². The zero-order valence-corrected chi connectivity index (χ0v) is 17.1. The van der Waals surface area contributed by atoms with Crippen LogP contribution >= 0.6 is 0 Å². The number of hydrogen-bond acceptors (Lipinski definition) is 6. The summed E-state index contributed by atoms with van der Waals surface area (Å²) < 4.78 is 65.7. The zero-order valence-electron chi connectivity index (χ0n) is 13.4. The molecule has 10 nitrogen and oxygen atoms in total. The first-order chi connectivity index (χ1) is 11.9. The van der Waals surface area contributed by atoms with Gasteiger partial charge < -0.3 is 10.2 Å². The normalized spacial score (nSPS) is 11.5. The Labute approximate surface area is 175 Å². The van der Waals surface area contributed by atoms with Crippen LogP contribution in [0.4, 0.5) is 0 Å². The number of aromatic carboxylic acids is 2. The van der Waals surface area contributed by atoms with E-state index in [1.54, 1.807) is 6.07 Å². The Kier molecular flexibility index (Phi) is 6.94. The van der Waals surface area contributed by atoms with E-state index >= 15 is 0 Å². The fourth-order valence-electron chi connectivity index (χ4n) is 2.27. The van der Waals surface area contributed by atoms with Gasteiger partial charge in [-0.1, -0.05) is 41.5 Å². The van der Waals surface area contributed by atoms with Gasteiger partial charge in [0.05, 0.1) is 9.79 Å². The van der Waals surface area contributed by atoms with E-state index in [2.05, 4.69) is 0 Å². The van der Waals surface area contributed by atoms with Crippen LogP contribution in [-0.2, 0) is 20.2 Å². The molecule has 0 amide bonds. The van der Waals surface area contributed by atoms with Gasteiger partial charge >= 0.3 is 29.6 Å². The minimum atomic E-state index is -5.51. The molecule has 0 aliphatic carbocycles. The summed E-state index contributed by atoms with van der Waals surface area (Å²) in [5.74, 6) is -3.91. The molecule has 13 heteroatoms. The number of carboxylic acid groups (broad SMARTS) is 2. The van der Waals surface area contributed by atoms with Crippen molar-refractivity contribution in [2.24, 2.45) is 0 Å². The molecule has 0 radical (unpaired) electrons. The molecule has 2 aromatic carbocycles. The first kappa shape index (κ1) is 23.2. The van der Waals surface area contributed by atoms with Crippen LogP contribution in [0.25, 0.3) is 11.1 Å². The van der Waals surface area contributed by atoms with E-state index < -0.39 is 58.7 Å². The molecule has 0 unspecified atom stereocenters. The minimum absolute atomic E-state index is 0. The second kappa shape index (κ2) is 8.06. The molecule has 0 fully saturated rings. The predicted octanol–water partition coefficient (Wildman–Crippen LogP) is -1.95. The van der Waals surface area contributed by atoms with Crippen molar-refractivity contribution in [1.29, 1.82) is 0 Å². The van der Waals surface area contributed by atoms with Gasteiger partial charge in [-0.2, -0.15) is 8.42 Å². The third-order valence-electron chi connectivity index (χ3n) is 3.17. The number of benzene rings is 2. The molecule has 138 valence electrons. The topological polar surface area (TPSA) is 183 Å². The predicted molar refractivity (Wildman–Crippen MR) is 84.3 cm³/mol. The van der Waals surface area contributed by atoms with Crippen molar-refractivity contribution < 1.29 is 75.3 Å². The van der Waals surface area contributed by atoms with Crippen molar-refractivity contribution in [1.82, 2.24) is 0 Å². The monoisotopic (exact) mass is 424 g/mol. The van der Waals surface area contributed by atoms with E-state index in [9.17, 15) is 40.6 Å². The van der Waals surface area contributed by atoms with E-state index in [1.165, 1.54) is 30.3 Å². The zero-order chi connectivity index (χ0) is 19.9. The van der Waals surface area contributed by atoms with Crippen molar-refractivity contribution in [3.63, 3.8) is 0 Å². The Morgan fingerprint density at radius 1 is 0.778 bits per heavy atom. The van der Waals surface area contributed by atoms with Crippen molar-refractivity contribution in [3.8, 4) is 11.1 Å². The van der Waals surface area contributed by atoms with Gasteiger partial charge in [-0.05, 0) is 11.1 Å². The third kappa shape index (κ3) is 4.73. The summed E-state index contributed by atoms with van der Waals surface area (Å²) >= 11 is 0. The molecule has 0 aliphatic rings. The minimum Gasteiger partial charge on any atom is -0.512 e. The Morgan fingerprint density at radius 2 is 1.22 bits per heavy atom. The van der Waals surface area contributed by atoms with Gasteiger partial charge in [0.25, 0.3) is 32.2 Å². The summed E-state index contributed by atoms with van der Waals surface area (Å²) in [5.41, 5.74) is -3.47. The quantitative estimate of drug-likeness (QED) is 0.239. The van der Waals surface area contributed by atoms with Crippen LogP contribution < -0.4 is 29.6 Å². The summed E-state index contributed by atoms with van der Waals surface area (Å²) in [6, 6.07) is 8.36. The third-order valence-corrected chi connectivity index (χ3v) is 5.14. The second-order valence-electron chi connectivity index (χ2n) is 4.83. The summed E-state index contributed by atoms with van der Waals surface area (Å²) in [5, 5.41) is 18.4. The Morgan fingerprint density at radius 3 is 1.59 bits per heavy atom. The van der Waals surface area contributed by atoms with Gasteiger partial charge in [0.2, 0.25) is 0 Å². The van der Waals surface area contributed by atoms with E-state index in [4.69, 9.17) is 5.11 Å². The first-order valence-electron chi connectivity index (χ1n) is 6.46. The smallest absolute Gasteiger partial charge is 0.512 e. The van der Waals surface area contributed by atoms with Gasteiger partial charge in [0, 0.05) is 0 Å². The average Bonchev–Trinajstić information content (AvgIpc) is 2.51. The van der Waals surface area contributed by atoms with Gasteiger partial charge in [-0.25, -0.2) is 8.42 Å². The fourth-order valence-corrected chi connectivity index (χ4v) is 4.45. The van der Waals surface area contributed by atoms with E-state index in [-0.39, 0.29) is 35.1 Å². The number of carboxylic acids is 2. The second-order valence-corrected chi connectivity index (χ2v) is 7.55. The molecule has 0 atom stereocenters. The molecule has 0 heterocycles. The standard InChI is InChI=1S/C14H9O10S2.Na/c15-13(16)8-6-9(14(17)18)11(25(19,20)21)12(26(22,23)24)10(8)7-4-2-1-3-5-7;/h1-5H,(H,15,16)(H,17,18)(H,19,20,21)(H,22,23,24);/q-1;+1. The van der Waals surface area contributed by atoms with E-state index in [0.29, 0.717) is 0 Å². The molecular formula is C14H9NaO10S2. The van der Waals surface area contributed by atoms with Crippen LogP contribution in [-0.4, -0.2) is 48.1 Å². The van der Waals surface area contributed by atoms with E-state index in [1.807, 2.05) is 0 Å². The largest absolute Gasteiger partial charge is 1.00 e. The molecule has 2 rings (SSSR count). The first-order valence-corrected chi connectivity index (χ1v) is 9.34. The van der Waals surface area contributed by atoms with Crippen molar-refractivity contribution in [2.45, 2.75) is 9.79 Å². The molecular weight excluding hydrogens is 415 g/mol. The summed E-state index contributed by atoms with van der Waals surface area (Å²) in [4.78, 5) is 19.5. The SMILES string of the molecule is O=C(O)c1[c-]c(C(=O)O)c(S(=O)(=O)O)c(S(=O)(=O)O)c1-c1ccccc1.[Na+]. The summed E-state index contributed by atoms with van der Waals surface area (Å²) in [7, 11) is -11.0. The molecule has 0 saturated carbocycles. The molecule has 0 spiro atoms. The summed E-state index contributed by atoms with van der Waals surface area (Å²) in [6.07, 6.45) is 0. The van der Waals surface area contributed by atoms with Crippen molar-refractivity contribution in [3.05, 3.63) is 47.5 Å². The Hall–Kier alpha value is -1.80. The van der Waals surface area contributed by atoms with Gasteiger partial charge in [-0.15, -0.1) is 6.07 Å². The maximum absolute atomic E-state index is 11.8. The summed E-state index contributed by atoms with van der Waals surface area (Å²) in [6.45, 7) is 0. The van der Waals surface area contributed by atoms with Crippen LogP contribution in [0, 0.1) is 6.07 Å². The Balaban J connectivity index is 0.00000364. The molecule has 4 N–H and O–H groups in total. The van der Waals surface area contributed by atoms with Crippen molar-refractivity contribution in [2.75, 3.05) is 0 Å². The van der Waals surface area contributed by atoms with Crippen LogP contribution in [0.1, 0.15) is 20.7 Å². The van der Waals surface area contributed by atoms with Crippen LogP contribution in [0.5, 0.6) is 0 Å². The van der Waals surface area contributed by atoms with Crippen LogP contribution in [0.2, 0.25) is 0 Å². The number of hydrogen-bond donors (Lipinski definition) is 4. The molecule has 2 aromatic rings. The maximum Gasteiger partial charge on any atom is 1.00 e. The van der Waals surface area contributed by atoms with Crippen LogP contribution in [0.3, 0.4) is 0 Å². The fraction of sp³-hybridized carbons (Fsp3) is 0. The number of rotatable bonds is 5. The van der Waals surface area contributed by atoms with Gasteiger partial charge in [0.1, 0.15) is 0 Å². The molecule has 0 bridgehead atoms.